The summed E-state index contributed by atoms with van der Waals surface area (Å²) in [7, 11) is 0. The molecule has 92 valence electrons. The Morgan fingerprint density at radius 3 is 2.35 bits per heavy atom. The van der Waals surface area contributed by atoms with E-state index in [1.54, 1.807) is 0 Å². The van der Waals surface area contributed by atoms with E-state index in [9.17, 15) is 0 Å². The summed E-state index contributed by atoms with van der Waals surface area (Å²) in [4.78, 5) is 11.1. The van der Waals surface area contributed by atoms with Gasteiger partial charge in [0.25, 0.3) is 0 Å². The summed E-state index contributed by atoms with van der Waals surface area (Å²) in [5.74, 6) is 3.84. The summed E-state index contributed by atoms with van der Waals surface area (Å²) in [5, 5.41) is 0. The molecule has 1 aliphatic carbocycles. The monoisotopic (exact) mass is 295 g/mol. The van der Waals surface area contributed by atoms with Crippen LogP contribution in [0.1, 0.15) is 26.2 Å². The molecule has 1 aromatic heterocycles. The molecule has 2 aliphatic rings. The Bertz CT molecular complexity index is 384. The second-order valence-corrected chi connectivity index (χ2v) is 6.32. The van der Waals surface area contributed by atoms with E-state index in [1.165, 1.54) is 19.3 Å². The van der Waals surface area contributed by atoms with Crippen molar-refractivity contribution in [3.63, 3.8) is 0 Å². The molecule has 0 spiro atoms. The van der Waals surface area contributed by atoms with Crippen LogP contribution >= 0.6 is 15.9 Å². The average molecular weight is 296 g/mol. The molecule has 17 heavy (non-hydrogen) atoms. The fourth-order valence-corrected chi connectivity index (χ4v) is 3.21. The van der Waals surface area contributed by atoms with Crippen molar-refractivity contribution < 1.29 is 0 Å². The number of halogens is 1. The lowest BCUT2D eigenvalue weighted by atomic mass is 9.91. The Morgan fingerprint density at radius 1 is 1.24 bits per heavy atom. The van der Waals surface area contributed by atoms with Crippen LogP contribution in [0.2, 0.25) is 0 Å². The van der Waals surface area contributed by atoms with Crippen molar-refractivity contribution in [1.82, 2.24) is 9.97 Å². The van der Waals surface area contributed by atoms with Gasteiger partial charge in [0.05, 0.1) is 4.47 Å². The molecular formula is C13H18BrN3. The van der Waals surface area contributed by atoms with Crippen LogP contribution in [0.5, 0.6) is 0 Å². The van der Waals surface area contributed by atoms with Gasteiger partial charge in [-0.15, -0.1) is 0 Å². The highest BCUT2D eigenvalue weighted by molar-refractivity contribution is 9.10. The minimum absolute atomic E-state index is 0.885. The number of anilines is 1. The maximum atomic E-state index is 4.37. The van der Waals surface area contributed by atoms with Crippen LogP contribution in [-0.2, 0) is 0 Å². The van der Waals surface area contributed by atoms with Crippen LogP contribution in [0.25, 0.3) is 0 Å². The van der Waals surface area contributed by atoms with Gasteiger partial charge in [0.15, 0.2) is 0 Å². The molecule has 0 radical (unpaired) electrons. The Morgan fingerprint density at radius 2 is 1.82 bits per heavy atom. The van der Waals surface area contributed by atoms with Gasteiger partial charge in [0, 0.05) is 25.5 Å². The van der Waals surface area contributed by atoms with E-state index in [2.05, 4.69) is 37.7 Å². The molecule has 2 fully saturated rings. The van der Waals surface area contributed by atoms with Gasteiger partial charge in [-0.2, -0.15) is 0 Å². The fraction of sp³-hybridized carbons (Fsp3) is 0.692. The Labute approximate surface area is 111 Å². The zero-order valence-corrected chi connectivity index (χ0v) is 11.7. The topological polar surface area (TPSA) is 29.0 Å². The quantitative estimate of drug-likeness (QED) is 0.839. The molecule has 1 saturated heterocycles. The highest BCUT2D eigenvalue weighted by atomic mass is 79.9. The third-order valence-corrected chi connectivity index (χ3v) is 4.62. The first-order valence-electron chi connectivity index (χ1n) is 6.46. The second kappa shape index (κ2) is 4.56. The van der Waals surface area contributed by atoms with Crippen molar-refractivity contribution >= 4 is 21.9 Å². The summed E-state index contributed by atoms with van der Waals surface area (Å²) in [6, 6.07) is 0. The molecule has 0 aromatic carbocycles. The lowest BCUT2D eigenvalue weighted by molar-refractivity contribution is 0.348. The lowest BCUT2D eigenvalue weighted by Crippen LogP contribution is -2.35. The Kier molecular flexibility index (Phi) is 3.07. The summed E-state index contributed by atoms with van der Waals surface area (Å²) in [6.45, 7) is 4.62. The number of aromatic nitrogens is 2. The first-order chi connectivity index (χ1) is 8.24. The van der Waals surface area contributed by atoms with Gasteiger partial charge in [-0.3, -0.25) is 0 Å². The molecule has 0 amide bonds. The lowest BCUT2D eigenvalue weighted by Gasteiger charge is -2.32. The van der Waals surface area contributed by atoms with Crippen LogP contribution < -0.4 is 4.90 Å². The fourth-order valence-electron chi connectivity index (χ4n) is 3.00. The molecule has 1 aromatic rings. The zero-order valence-electron chi connectivity index (χ0n) is 10.1. The van der Waals surface area contributed by atoms with E-state index in [0.29, 0.717) is 0 Å². The number of rotatable bonds is 2. The van der Waals surface area contributed by atoms with Crippen LogP contribution in [0.15, 0.2) is 16.9 Å². The van der Waals surface area contributed by atoms with E-state index in [0.717, 1.165) is 41.3 Å². The van der Waals surface area contributed by atoms with Crippen molar-refractivity contribution in [1.29, 1.82) is 0 Å². The number of nitrogens with zero attached hydrogens (tertiary/aromatic N) is 3. The van der Waals surface area contributed by atoms with Crippen molar-refractivity contribution in [2.75, 3.05) is 18.0 Å². The van der Waals surface area contributed by atoms with Gasteiger partial charge in [-0.25, -0.2) is 9.97 Å². The molecule has 0 N–H and O–H groups in total. The van der Waals surface area contributed by atoms with Gasteiger partial charge in [0.2, 0.25) is 5.95 Å². The molecule has 2 heterocycles. The van der Waals surface area contributed by atoms with Gasteiger partial charge in [-0.05, 0) is 52.9 Å². The van der Waals surface area contributed by atoms with Crippen molar-refractivity contribution in [3.8, 4) is 0 Å². The Hall–Kier alpha value is -0.640. The summed E-state index contributed by atoms with van der Waals surface area (Å²) < 4.78 is 0.947. The van der Waals surface area contributed by atoms with E-state index in [1.807, 2.05) is 12.4 Å². The van der Waals surface area contributed by atoms with Gasteiger partial charge >= 0.3 is 0 Å². The highest BCUT2D eigenvalue weighted by Gasteiger charge is 2.40. The van der Waals surface area contributed by atoms with Crippen molar-refractivity contribution in [2.45, 2.75) is 26.2 Å². The Balaban J connectivity index is 1.59. The molecule has 3 nitrogen and oxygen atoms in total. The van der Waals surface area contributed by atoms with Crippen LogP contribution in [0, 0.1) is 17.8 Å². The largest absolute Gasteiger partial charge is 0.341 e. The molecule has 1 saturated carbocycles. The van der Waals surface area contributed by atoms with Crippen LogP contribution in [0.4, 0.5) is 5.95 Å². The summed E-state index contributed by atoms with van der Waals surface area (Å²) in [5.41, 5.74) is 0. The second-order valence-electron chi connectivity index (χ2n) is 5.40. The first kappa shape index (κ1) is 11.5. The zero-order chi connectivity index (χ0) is 11.8. The highest BCUT2D eigenvalue weighted by Crippen LogP contribution is 2.47. The molecule has 3 rings (SSSR count). The van der Waals surface area contributed by atoms with Gasteiger partial charge in [-0.1, -0.05) is 6.92 Å². The minimum Gasteiger partial charge on any atom is -0.341 e. The van der Waals surface area contributed by atoms with Gasteiger partial charge < -0.3 is 4.90 Å². The standard InChI is InChI=1S/C13H18BrN3/c1-9-6-12(9)10-2-4-17(5-3-10)13-15-7-11(14)8-16-13/h7-10,12H,2-6H2,1H3. The summed E-state index contributed by atoms with van der Waals surface area (Å²) in [6.07, 6.45) is 7.75. The normalized spacial score (nSPS) is 29.4. The molecule has 2 unspecified atom stereocenters. The van der Waals surface area contributed by atoms with E-state index >= 15 is 0 Å². The van der Waals surface area contributed by atoms with E-state index in [4.69, 9.17) is 0 Å². The number of hydrogen-bond acceptors (Lipinski definition) is 3. The van der Waals surface area contributed by atoms with Gasteiger partial charge in [0.1, 0.15) is 0 Å². The van der Waals surface area contributed by atoms with E-state index < -0.39 is 0 Å². The molecule has 1 aliphatic heterocycles. The third kappa shape index (κ3) is 2.46. The minimum atomic E-state index is 0.885. The first-order valence-corrected chi connectivity index (χ1v) is 7.26. The molecule has 2 atom stereocenters. The average Bonchev–Trinajstić information content (AvgIpc) is 3.08. The van der Waals surface area contributed by atoms with Crippen LogP contribution in [0.3, 0.4) is 0 Å². The SMILES string of the molecule is CC1CC1C1CCN(c2ncc(Br)cn2)CC1. The maximum Gasteiger partial charge on any atom is 0.225 e. The van der Waals surface area contributed by atoms with Crippen molar-refractivity contribution in [3.05, 3.63) is 16.9 Å². The van der Waals surface area contributed by atoms with Crippen molar-refractivity contribution in [2.24, 2.45) is 17.8 Å². The number of piperidine rings is 1. The van der Waals surface area contributed by atoms with E-state index in [-0.39, 0.29) is 0 Å². The molecular weight excluding hydrogens is 278 g/mol. The molecule has 4 heteroatoms. The predicted octanol–water partition coefficient (Wildman–Crippen LogP) is 3.11. The summed E-state index contributed by atoms with van der Waals surface area (Å²) >= 11 is 3.37. The van der Waals surface area contributed by atoms with Crippen LogP contribution in [-0.4, -0.2) is 23.1 Å². The third-order valence-electron chi connectivity index (χ3n) is 4.21. The maximum absolute atomic E-state index is 4.37. The number of hydrogen-bond donors (Lipinski definition) is 0. The molecule has 0 bridgehead atoms. The predicted molar refractivity (Wildman–Crippen MR) is 71.9 cm³/mol. The smallest absolute Gasteiger partial charge is 0.225 e.